The fourth-order valence-electron chi connectivity index (χ4n) is 3.51. The van der Waals surface area contributed by atoms with Gasteiger partial charge in [0.05, 0.1) is 5.69 Å². The van der Waals surface area contributed by atoms with Crippen LogP contribution in [-0.4, -0.2) is 16.3 Å². The molecule has 1 heterocycles. The maximum absolute atomic E-state index is 10.7. The molecular weight excluding hydrogens is 384 g/mol. The van der Waals surface area contributed by atoms with Crippen molar-refractivity contribution in [1.82, 2.24) is 4.98 Å². The number of rotatable bonds is 4. The third-order valence-corrected chi connectivity index (χ3v) is 5.16. The molecule has 5 rings (SSSR count). The third-order valence-electron chi connectivity index (χ3n) is 5.16. The Labute approximate surface area is 180 Å². The largest absolute Gasteiger partial charge is 0.507 e. The van der Waals surface area contributed by atoms with Crippen LogP contribution in [0, 0.1) is 6.92 Å². The molecule has 0 fully saturated rings. The molecule has 0 saturated heterocycles. The highest BCUT2D eigenvalue weighted by Gasteiger charge is 2.09. The summed E-state index contributed by atoms with van der Waals surface area (Å²) in [5.74, 6) is 0.806. The highest BCUT2D eigenvalue weighted by Crippen LogP contribution is 2.32. The molecule has 4 aromatic carbocycles. The lowest BCUT2D eigenvalue weighted by atomic mass is 10.0. The highest BCUT2D eigenvalue weighted by atomic mass is 16.3. The second-order valence-corrected chi connectivity index (χ2v) is 7.40. The predicted molar refractivity (Wildman–Crippen MR) is 125 cm³/mol. The average molecular weight is 404 g/mol. The van der Waals surface area contributed by atoms with E-state index in [1.807, 2.05) is 97.9 Å². The molecule has 150 valence electrons. The molecule has 0 atom stereocenters. The summed E-state index contributed by atoms with van der Waals surface area (Å²) >= 11 is 0. The van der Waals surface area contributed by atoms with Gasteiger partial charge < -0.3 is 9.52 Å². The summed E-state index contributed by atoms with van der Waals surface area (Å²) in [6, 6.07) is 29.1. The van der Waals surface area contributed by atoms with E-state index < -0.39 is 0 Å². The first-order chi connectivity index (χ1) is 15.2. The monoisotopic (exact) mass is 404 g/mol. The minimum Gasteiger partial charge on any atom is -0.507 e. The van der Waals surface area contributed by atoms with Gasteiger partial charge in [0.15, 0.2) is 5.58 Å². The number of oxazole rings is 1. The normalized spacial score (nSPS) is 11.4. The first-order valence-corrected chi connectivity index (χ1v) is 10.1. The number of phenolic OH excluding ortho intramolecular Hbond substituents is 1. The molecule has 1 N–H and O–H groups in total. The number of fused-ring (bicyclic) bond motifs is 1. The van der Waals surface area contributed by atoms with Crippen LogP contribution in [0.15, 0.2) is 100 Å². The minimum absolute atomic E-state index is 0.218. The van der Waals surface area contributed by atoms with E-state index in [0.29, 0.717) is 11.5 Å². The molecule has 1 aromatic heterocycles. The van der Waals surface area contributed by atoms with Crippen LogP contribution in [0.3, 0.4) is 0 Å². The zero-order chi connectivity index (χ0) is 21.2. The number of aliphatic imine (C=N–C) groups is 1. The molecular formula is C27H20N2O2. The van der Waals surface area contributed by atoms with Crippen molar-refractivity contribution in [2.75, 3.05) is 0 Å². The Bertz CT molecular complexity index is 1380. The zero-order valence-corrected chi connectivity index (χ0v) is 17.0. The van der Waals surface area contributed by atoms with Crippen molar-refractivity contribution in [1.29, 1.82) is 0 Å². The van der Waals surface area contributed by atoms with Gasteiger partial charge in [-0.2, -0.15) is 0 Å². The Morgan fingerprint density at radius 2 is 1.65 bits per heavy atom. The second-order valence-electron chi connectivity index (χ2n) is 7.40. The Kier molecular flexibility index (Phi) is 4.81. The number of hydrogen-bond acceptors (Lipinski definition) is 4. The van der Waals surface area contributed by atoms with Crippen molar-refractivity contribution in [3.8, 4) is 28.3 Å². The van der Waals surface area contributed by atoms with Crippen LogP contribution in [0.25, 0.3) is 33.7 Å². The number of aryl methyl sites for hydroxylation is 1. The van der Waals surface area contributed by atoms with E-state index in [4.69, 9.17) is 4.42 Å². The standard InChI is InChI=1S/C27H20N2O2/c1-18-10-15-25-24(16-18)29-27(31-25)20-11-13-22(14-12-20)28-17-21-8-5-9-23(26(21)30)19-6-3-2-4-7-19/h2-17,30H,1H3. The number of aromatic nitrogens is 1. The number of nitrogens with zero attached hydrogens (tertiary/aromatic N) is 2. The maximum Gasteiger partial charge on any atom is 0.227 e. The molecule has 31 heavy (non-hydrogen) atoms. The first-order valence-electron chi connectivity index (χ1n) is 10.1. The fraction of sp³-hybridized carbons (Fsp3) is 0.0370. The van der Waals surface area contributed by atoms with E-state index in [0.717, 1.165) is 39.0 Å². The van der Waals surface area contributed by atoms with E-state index in [9.17, 15) is 5.11 Å². The van der Waals surface area contributed by atoms with Gasteiger partial charge in [-0.1, -0.05) is 48.5 Å². The van der Waals surface area contributed by atoms with Crippen molar-refractivity contribution in [3.05, 3.63) is 102 Å². The summed E-state index contributed by atoms with van der Waals surface area (Å²) < 4.78 is 5.87. The van der Waals surface area contributed by atoms with Gasteiger partial charge >= 0.3 is 0 Å². The SMILES string of the molecule is Cc1ccc2oc(-c3ccc(N=Cc4cccc(-c5ccccc5)c4O)cc3)nc2c1. The van der Waals surface area contributed by atoms with Gasteiger partial charge in [0.25, 0.3) is 0 Å². The van der Waals surface area contributed by atoms with Crippen molar-refractivity contribution >= 4 is 23.0 Å². The summed E-state index contributed by atoms with van der Waals surface area (Å²) in [6.07, 6.45) is 1.68. The van der Waals surface area contributed by atoms with Gasteiger partial charge in [-0.05, 0) is 60.5 Å². The summed E-state index contributed by atoms with van der Waals surface area (Å²) in [4.78, 5) is 9.10. The topological polar surface area (TPSA) is 58.6 Å². The fourth-order valence-corrected chi connectivity index (χ4v) is 3.51. The van der Waals surface area contributed by atoms with Gasteiger partial charge in [-0.15, -0.1) is 0 Å². The van der Waals surface area contributed by atoms with Crippen LogP contribution < -0.4 is 0 Å². The smallest absolute Gasteiger partial charge is 0.227 e. The second kappa shape index (κ2) is 7.92. The molecule has 0 radical (unpaired) electrons. The quantitative estimate of drug-likeness (QED) is 0.331. The highest BCUT2D eigenvalue weighted by molar-refractivity contribution is 5.90. The lowest BCUT2D eigenvalue weighted by molar-refractivity contribution is 0.476. The van der Waals surface area contributed by atoms with E-state index in [1.54, 1.807) is 6.21 Å². The van der Waals surface area contributed by atoms with Crippen molar-refractivity contribution in [3.63, 3.8) is 0 Å². The number of hydrogen-bond donors (Lipinski definition) is 1. The number of para-hydroxylation sites is 1. The van der Waals surface area contributed by atoms with Crippen molar-refractivity contribution in [2.45, 2.75) is 6.92 Å². The number of aromatic hydroxyl groups is 1. The first kappa shape index (κ1) is 18.8. The number of phenols is 1. The summed E-state index contributed by atoms with van der Waals surface area (Å²) in [5.41, 5.74) is 6.86. The van der Waals surface area contributed by atoms with E-state index in [2.05, 4.69) is 9.98 Å². The summed E-state index contributed by atoms with van der Waals surface area (Å²) in [6.45, 7) is 2.04. The summed E-state index contributed by atoms with van der Waals surface area (Å²) in [5, 5.41) is 10.7. The molecule has 0 bridgehead atoms. The Morgan fingerprint density at radius 3 is 2.45 bits per heavy atom. The minimum atomic E-state index is 0.218. The van der Waals surface area contributed by atoms with Crippen LogP contribution in [-0.2, 0) is 0 Å². The third kappa shape index (κ3) is 3.83. The molecule has 5 aromatic rings. The zero-order valence-electron chi connectivity index (χ0n) is 17.0. The Balaban J connectivity index is 1.39. The van der Waals surface area contributed by atoms with Crippen LogP contribution in [0.4, 0.5) is 5.69 Å². The van der Waals surface area contributed by atoms with Gasteiger partial charge in [-0.25, -0.2) is 4.98 Å². The van der Waals surface area contributed by atoms with Crippen molar-refractivity contribution < 1.29 is 9.52 Å². The number of benzene rings is 4. The Hall–Kier alpha value is -4.18. The molecule has 4 heteroatoms. The van der Waals surface area contributed by atoms with Gasteiger partial charge in [0.1, 0.15) is 11.3 Å². The average Bonchev–Trinajstić information content (AvgIpc) is 3.22. The molecule has 0 aliphatic rings. The molecule has 0 aliphatic carbocycles. The van der Waals surface area contributed by atoms with Gasteiger partial charge in [-0.3, -0.25) is 4.99 Å². The predicted octanol–water partition coefficient (Wildman–Crippen LogP) is 6.93. The van der Waals surface area contributed by atoms with E-state index >= 15 is 0 Å². The molecule has 0 unspecified atom stereocenters. The van der Waals surface area contributed by atoms with Crippen LogP contribution in [0.1, 0.15) is 11.1 Å². The van der Waals surface area contributed by atoms with Crippen LogP contribution >= 0.6 is 0 Å². The van der Waals surface area contributed by atoms with Gasteiger partial charge in [0, 0.05) is 22.9 Å². The molecule has 4 nitrogen and oxygen atoms in total. The van der Waals surface area contributed by atoms with E-state index in [-0.39, 0.29) is 5.75 Å². The van der Waals surface area contributed by atoms with Crippen molar-refractivity contribution in [2.24, 2.45) is 4.99 Å². The molecule has 0 amide bonds. The van der Waals surface area contributed by atoms with Crippen LogP contribution in [0.2, 0.25) is 0 Å². The summed E-state index contributed by atoms with van der Waals surface area (Å²) in [7, 11) is 0. The van der Waals surface area contributed by atoms with Crippen LogP contribution in [0.5, 0.6) is 5.75 Å². The molecule has 0 saturated carbocycles. The van der Waals surface area contributed by atoms with Gasteiger partial charge in [0.2, 0.25) is 5.89 Å². The lowest BCUT2D eigenvalue weighted by Gasteiger charge is -2.07. The molecule has 0 aliphatic heterocycles. The maximum atomic E-state index is 10.7. The lowest BCUT2D eigenvalue weighted by Crippen LogP contribution is -1.86. The Morgan fingerprint density at radius 1 is 0.839 bits per heavy atom. The van der Waals surface area contributed by atoms with E-state index in [1.165, 1.54) is 0 Å². The molecule has 0 spiro atoms.